The summed E-state index contributed by atoms with van der Waals surface area (Å²) in [5, 5.41) is 7.73. The summed E-state index contributed by atoms with van der Waals surface area (Å²) in [6.07, 6.45) is 6.77. The van der Waals surface area contributed by atoms with Gasteiger partial charge in [0.15, 0.2) is 11.8 Å². The summed E-state index contributed by atoms with van der Waals surface area (Å²) in [7, 11) is 0. The highest BCUT2D eigenvalue weighted by molar-refractivity contribution is 14.0. The third-order valence-electron chi connectivity index (χ3n) is 4.17. The molecule has 0 atom stereocenters. The molecular weight excluding hydrogens is 415 g/mol. The molecule has 7 heteroatoms. The number of nitrogens with zero attached hydrogens (tertiary/aromatic N) is 4. The molecule has 1 aliphatic carbocycles. The van der Waals surface area contributed by atoms with Gasteiger partial charge in [-0.2, -0.15) is 5.10 Å². The molecule has 1 fully saturated rings. The molecule has 1 saturated carbocycles. The molecular formula is C17H25IN6. The number of pyridine rings is 1. The molecule has 0 saturated heterocycles. The average molecular weight is 440 g/mol. The smallest absolute Gasteiger partial charge is 0.189 e. The Labute approximate surface area is 160 Å². The molecule has 3 rings (SSSR count). The monoisotopic (exact) mass is 440 g/mol. The Morgan fingerprint density at radius 3 is 2.67 bits per heavy atom. The molecule has 2 aromatic rings. The van der Waals surface area contributed by atoms with Crippen molar-refractivity contribution in [1.82, 2.24) is 20.1 Å². The fourth-order valence-corrected chi connectivity index (χ4v) is 3.00. The highest BCUT2D eigenvalue weighted by Crippen LogP contribution is 2.17. The Morgan fingerprint density at radius 1 is 1.33 bits per heavy atom. The standard InChI is InChI=1S/C17H24N6.HI/c1-12-9-13(2)23(22-12)16-8-7-14(10-19-16)11-20-17(18)21-15-5-3-4-6-15;/h7-10,15H,3-6,11H2,1-2H3,(H3,18,20,21);1H. The zero-order valence-electron chi connectivity index (χ0n) is 14.2. The zero-order chi connectivity index (χ0) is 16.2. The molecule has 0 amide bonds. The summed E-state index contributed by atoms with van der Waals surface area (Å²) < 4.78 is 1.85. The average Bonchev–Trinajstić information content (AvgIpc) is 3.15. The van der Waals surface area contributed by atoms with E-state index in [4.69, 9.17) is 5.73 Å². The minimum atomic E-state index is 0. The topological polar surface area (TPSA) is 81.1 Å². The molecule has 0 bridgehead atoms. The van der Waals surface area contributed by atoms with E-state index < -0.39 is 0 Å². The van der Waals surface area contributed by atoms with E-state index in [0.29, 0.717) is 18.5 Å². The number of guanidine groups is 1. The number of nitrogens with two attached hydrogens (primary N) is 1. The summed E-state index contributed by atoms with van der Waals surface area (Å²) in [5.41, 5.74) is 9.05. The van der Waals surface area contributed by atoms with Crippen LogP contribution in [0.3, 0.4) is 0 Å². The number of aliphatic imine (C=N–C) groups is 1. The van der Waals surface area contributed by atoms with Gasteiger partial charge in [-0.15, -0.1) is 24.0 Å². The number of aryl methyl sites for hydroxylation is 2. The SMILES string of the molecule is Cc1cc(C)n(-c2ccc(CN=C(N)NC3CCCC3)cn2)n1.I. The molecule has 6 nitrogen and oxygen atoms in total. The second-order valence-electron chi connectivity index (χ2n) is 6.19. The predicted molar refractivity (Wildman–Crippen MR) is 107 cm³/mol. The highest BCUT2D eigenvalue weighted by Gasteiger charge is 2.14. The van der Waals surface area contributed by atoms with E-state index in [0.717, 1.165) is 22.8 Å². The first-order chi connectivity index (χ1) is 11.1. The van der Waals surface area contributed by atoms with Crippen molar-refractivity contribution in [1.29, 1.82) is 0 Å². The van der Waals surface area contributed by atoms with Crippen LogP contribution in [-0.2, 0) is 6.54 Å². The molecule has 24 heavy (non-hydrogen) atoms. The van der Waals surface area contributed by atoms with Gasteiger partial charge in [0, 0.05) is 17.9 Å². The van der Waals surface area contributed by atoms with Crippen molar-refractivity contribution in [2.45, 2.75) is 52.1 Å². The van der Waals surface area contributed by atoms with Crippen molar-refractivity contribution in [3.05, 3.63) is 41.3 Å². The molecule has 2 aromatic heterocycles. The van der Waals surface area contributed by atoms with Crippen LogP contribution >= 0.6 is 24.0 Å². The fraction of sp³-hybridized carbons (Fsp3) is 0.471. The second kappa shape index (κ2) is 8.46. The third kappa shape index (κ3) is 4.68. The van der Waals surface area contributed by atoms with E-state index in [1.165, 1.54) is 25.7 Å². The lowest BCUT2D eigenvalue weighted by Crippen LogP contribution is -2.38. The molecule has 2 heterocycles. The van der Waals surface area contributed by atoms with Crippen LogP contribution in [0.4, 0.5) is 0 Å². The molecule has 0 aliphatic heterocycles. The summed E-state index contributed by atoms with van der Waals surface area (Å²) in [5.74, 6) is 1.35. The van der Waals surface area contributed by atoms with E-state index in [1.807, 2.05) is 42.9 Å². The molecule has 1 aliphatic rings. The summed E-state index contributed by atoms with van der Waals surface area (Å²) >= 11 is 0. The van der Waals surface area contributed by atoms with Crippen LogP contribution in [0, 0.1) is 13.8 Å². The molecule has 3 N–H and O–H groups in total. The van der Waals surface area contributed by atoms with Crippen LogP contribution in [0.15, 0.2) is 29.4 Å². The normalized spacial score (nSPS) is 15.3. The van der Waals surface area contributed by atoms with Gasteiger partial charge in [-0.05, 0) is 44.4 Å². The van der Waals surface area contributed by atoms with E-state index in [2.05, 4.69) is 20.4 Å². The third-order valence-corrected chi connectivity index (χ3v) is 4.17. The fourth-order valence-electron chi connectivity index (χ4n) is 3.00. The van der Waals surface area contributed by atoms with Gasteiger partial charge in [0.05, 0.1) is 12.2 Å². The van der Waals surface area contributed by atoms with E-state index >= 15 is 0 Å². The summed E-state index contributed by atoms with van der Waals surface area (Å²) in [4.78, 5) is 8.88. The zero-order valence-corrected chi connectivity index (χ0v) is 16.5. The summed E-state index contributed by atoms with van der Waals surface area (Å²) in [6.45, 7) is 4.54. The van der Waals surface area contributed by atoms with Crippen LogP contribution in [0.25, 0.3) is 5.82 Å². The lowest BCUT2D eigenvalue weighted by molar-refractivity contribution is 0.625. The number of hydrogen-bond acceptors (Lipinski definition) is 3. The Kier molecular flexibility index (Phi) is 6.59. The van der Waals surface area contributed by atoms with Crippen LogP contribution in [0.2, 0.25) is 0 Å². The van der Waals surface area contributed by atoms with Crippen LogP contribution in [0.1, 0.15) is 42.6 Å². The minimum absolute atomic E-state index is 0. The van der Waals surface area contributed by atoms with Crippen LogP contribution in [0.5, 0.6) is 0 Å². The maximum absolute atomic E-state index is 5.95. The molecule has 130 valence electrons. The second-order valence-corrected chi connectivity index (χ2v) is 6.19. The van der Waals surface area contributed by atoms with Gasteiger partial charge in [0.25, 0.3) is 0 Å². The van der Waals surface area contributed by atoms with Crippen LogP contribution < -0.4 is 11.1 Å². The van der Waals surface area contributed by atoms with Gasteiger partial charge in [-0.3, -0.25) is 0 Å². The van der Waals surface area contributed by atoms with E-state index in [1.54, 1.807) is 0 Å². The number of rotatable bonds is 4. The van der Waals surface area contributed by atoms with Gasteiger partial charge >= 0.3 is 0 Å². The number of hydrogen-bond donors (Lipinski definition) is 2. The number of nitrogens with one attached hydrogen (secondary N) is 1. The Morgan fingerprint density at radius 2 is 2.08 bits per heavy atom. The van der Waals surface area contributed by atoms with E-state index in [-0.39, 0.29) is 24.0 Å². The maximum Gasteiger partial charge on any atom is 0.189 e. The molecule has 0 radical (unpaired) electrons. The Balaban J connectivity index is 0.00000208. The quantitative estimate of drug-likeness (QED) is 0.435. The Bertz CT molecular complexity index is 686. The summed E-state index contributed by atoms with van der Waals surface area (Å²) in [6, 6.07) is 6.51. The lowest BCUT2D eigenvalue weighted by Gasteiger charge is -2.12. The van der Waals surface area contributed by atoms with Crippen LogP contribution in [-0.4, -0.2) is 26.8 Å². The number of aromatic nitrogens is 3. The molecule has 0 unspecified atom stereocenters. The van der Waals surface area contributed by atoms with Gasteiger partial charge in [0.1, 0.15) is 0 Å². The highest BCUT2D eigenvalue weighted by atomic mass is 127. The maximum atomic E-state index is 5.95. The van der Waals surface area contributed by atoms with Crippen molar-refractivity contribution in [3.63, 3.8) is 0 Å². The van der Waals surface area contributed by atoms with E-state index in [9.17, 15) is 0 Å². The molecule has 0 aromatic carbocycles. The first-order valence-electron chi connectivity index (χ1n) is 8.17. The van der Waals surface area contributed by atoms with Gasteiger partial charge in [0.2, 0.25) is 0 Å². The van der Waals surface area contributed by atoms with Gasteiger partial charge in [-0.25, -0.2) is 14.7 Å². The largest absolute Gasteiger partial charge is 0.370 e. The van der Waals surface area contributed by atoms with Crippen molar-refractivity contribution >= 4 is 29.9 Å². The van der Waals surface area contributed by atoms with Crippen molar-refractivity contribution in [2.75, 3.05) is 0 Å². The first kappa shape index (κ1) is 18.7. The van der Waals surface area contributed by atoms with Gasteiger partial charge < -0.3 is 11.1 Å². The van der Waals surface area contributed by atoms with Crippen molar-refractivity contribution < 1.29 is 0 Å². The predicted octanol–water partition coefficient (Wildman–Crippen LogP) is 2.85. The Hall–Kier alpha value is -1.64. The van der Waals surface area contributed by atoms with Crippen molar-refractivity contribution in [2.24, 2.45) is 10.7 Å². The lowest BCUT2D eigenvalue weighted by atomic mass is 10.2. The van der Waals surface area contributed by atoms with Crippen molar-refractivity contribution in [3.8, 4) is 5.82 Å². The first-order valence-corrected chi connectivity index (χ1v) is 8.17. The minimum Gasteiger partial charge on any atom is -0.370 e. The number of halogens is 1. The van der Waals surface area contributed by atoms with Gasteiger partial charge in [-0.1, -0.05) is 18.9 Å². The molecule has 0 spiro atoms.